The zero-order valence-corrected chi connectivity index (χ0v) is 7.97. The van der Waals surface area contributed by atoms with E-state index >= 15 is 0 Å². The molecule has 0 aliphatic heterocycles. The van der Waals surface area contributed by atoms with E-state index < -0.39 is 6.10 Å². The van der Waals surface area contributed by atoms with E-state index in [1.54, 1.807) is 0 Å². The predicted octanol–water partition coefficient (Wildman–Crippen LogP) is -0.522. The number of rotatable bonds is 5. The summed E-state index contributed by atoms with van der Waals surface area (Å²) in [7, 11) is 1.53. The number of hydrogen-bond acceptors (Lipinski definition) is 6. The lowest BCUT2D eigenvalue weighted by Gasteiger charge is -2.10. The number of nitrogens with zero attached hydrogens (tertiary/aromatic N) is 2. The summed E-state index contributed by atoms with van der Waals surface area (Å²) < 4.78 is 4.77. The summed E-state index contributed by atoms with van der Waals surface area (Å²) >= 11 is 0. The van der Waals surface area contributed by atoms with Crippen molar-refractivity contribution in [1.29, 1.82) is 0 Å². The van der Waals surface area contributed by atoms with Crippen molar-refractivity contribution in [2.45, 2.75) is 6.10 Å². The molecule has 6 heteroatoms. The highest BCUT2D eigenvalue weighted by atomic mass is 16.5. The topological polar surface area (TPSA) is 93.3 Å². The summed E-state index contributed by atoms with van der Waals surface area (Å²) in [4.78, 5) is 7.80. The van der Waals surface area contributed by atoms with Gasteiger partial charge >= 0.3 is 0 Å². The normalized spacial score (nSPS) is 12.4. The van der Waals surface area contributed by atoms with Crippen LogP contribution >= 0.6 is 0 Å². The smallest absolute Gasteiger partial charge is 0.147 e. The largest absolute Gasteiger partial charge is 0.389 e. The number of ether oxygens (including phenoxy) is 1. The fourth-order valence-corrected chi connectivity index (χ4v) is 0.940. The van der Waals surface area contributed by atoms with Gasteiger partial charge in [0.05, 0.1) is 25.1 Å². The molecule has 0 amide bonds. The number of aromatic nitrogens is 2. The van der Waals surface area contributed by atoms with Gasteiger partial charge in [0.2, 0.25) is 0 Å². The van der Waals surface area contributed by atoms with Crippen LogP contribution in [0.15, 0.2) is 12.4 Å². The number of nitrogen functional groups attached to an aromatic ring is 1. The van der Waals surface area contributed by atoms with Crippen molar-refractivity contribution in [2.75, 3.05) is 31.3 Å². The van der Waals surface area contributed by atoms with Crippen LogP contribution in [0.4, 0.5) is 11.6 Å². The van der Waals surface area contributed by atoms with E-state index in [-0.39, 0.29) is 6.61 Å². The molecular weight excluding hydrogens is 184 g/mol. The number of nitrogens with two attached hydrogens (primary N) is 1. The summed E-state index contributed by atoms with van der Waals surface area (Å²) in [6, 6.07) is 0. The lowest BCUT2D eigenvalue weighted by Crippen LogP contribution is -2.24. The maximum absolute atomic E-state index is 9.31. The Morgan fingerprint density at radius 2 is 2.43 bits per heavy atom. The monoisotopic (exact) mass is 198 g/mol. The van der Waals surface area contributed by atoms with E-state index in [1.807, 2.05) is 0 Å². The highest BCUT2D eigenvalue weighted by Crippen LogP contribution is 2.02. The van der Waals surface area contributed by atoms with Crippen LogP contribution in [0.3, 0.4) is 0 Å². The number of hydrogen-bond donors (Lipinski definition) is 3. The Morgan fingerprint density at radius 1 is 1.64 bits per heavy atom. The molecule has 1 unspecified atom stereocenters. The van der Waals surface area contributed by atoms with Crippen molar-refractivity contribution in [3.8, 4) is 0 Å². The van der Waals surface area contributed by atoms with Gasteiger partial charge in [-0.05, 0) is 0 Å². The van der Waals surface area contributed by atoms with Crippen LogP contribution in [-0.2, 0) is 4.74 Å². The molecule has 78 valence electrons. The molecule has 1 aromatic rings. The average molecular weight is 198 g/mol. The summed E-state index contributed by atoms with van der Waals surface area (Å²) in [5.74, 6) is 0.886. The molecule has 14 heavy (non-hydrogen) atoms. The van der Waals surface area contributed by atoms with E-state index in [0.29, 0.717) is 18.2 Å². The van der Waals surface area contributed by atoms with Crippen LogP contribution in [0, 0.1) is 0 Å². The predicted molar refractivity (Wildman–Crippen MR) is 52.8 cm³/mol. The summed E-state index contributed by atoms with van der Waals surface area (Å²) in [6.07, 6.45) is 2.43. The summed E-state index contributed by atoms with van der Waals surface area (Å²) in [6.45, 7) is 0.634. The minimum Gasteiger partial charge on any atom is -0.389 e. The average Bonchev–Trinajstić information content (AvgIpc) is 2.15. The van der Waals surface area contributed by atoms with Gasteiger partial charge in [-0.25, -0.2) is 4.98 Å². The van der Waals surface area contributed by atoms with E-state index in [9.17, 15) is 5.11 Å². The Kier molecular flexibility index (Phi) is 4.09. The minimum absolute atomic E-state index is 0.281. The molecule has 1 atom stereocenters. The molecule has 1 heterocycles. The first-order chi connectivity index (χ1) is 6.72. The maximum atomic E-state index is 9.31. The standard InChI is InChI=1S/C8H14N4O2/c1-14-5-6(13)2-11-8-4-10-3-7(9)12-8/h3-4,6,13H,2,5H2,1H3,(H3,9,11,12). The van der Waals surface area contributed by atoms with Crippen LogP contribution in [0.25, 0.3) is 0 Å². The molecule has 0 radical (unpaired) electrons. The van der Waals surface area contributed by atoms with E-state index in [0.717, 1.165) is 0 Å². The molecule has 0 aliphatic rings. The fourth-order valence-electron chi connectivity index (χ4n) is 0.940. The van der Waals surface area contributed by atoms with Crippen LogP contribution in [0.2, 0.25) is 0 Å². The minimum atomic E-state index is -0.566. The van der Waals surface area contributed by atoms with E-state index in [4.69, 9.17) is 10.5 Å². The Balaban J connectivity index is 2.37. The molecule has 4 N–H and O–H groups in total. The lowest BCUT2D eigenvalue weighted by molar-refractivity contribution is 0.0727. The molecule has 0 aliphatic carbocycles. The first-order valence-electron chi connectivity index (χ1n) is 4.20. The number of methoxy groups -OCH3 is 1. The zero-order chi connectivity index (χ0) is 10.4. The maximum Gasteiger partial charge on any atom is 0.147 e. The first-order valence-corrected chi connectivity index (χ1v) is 4.20. The third-order valence-electron chi connectivity index (χ3n) is 1.53. The Labute approximate surface area is 82.1 Å². The Hall–Kier alpha value is -1.40. The molecule has 0 bridgehead atoms. The molecule has 0 aromatic carbocycles. The van der Waals surface area contributed by atoms with Crippen molar-refractivity contribution in [3.05, 3.63) is 12.4 Å². The Morgan fingerprint density at radius 3 is 3.07 bits per heavy atom. The second-order valence-electron chi connectivity index (χ2n) is 2.82. The van der Waals surface area contributed by atoms with Gasteiger partial charge in [0.25, 0.3) is 0 Å². The third kappa shape index (κ3) is 3.55. The Bertz CT molecular complexity index is 282. The second-order valence-corrected chi connectivity index (χ2v) is 2.82. The van der Waals surface area contributed by atoms with Crippen molar-refractivity contribution in [1.82, 2.24) is 9.97 Å². The van der Waals surface area contributed by atoms with Gasteiger partial charge in [0.1, 0.15) is 11.6 Å². The van der Waals surface area contributed by atoms with Gasteiger partial charge < -0.3 is 20.9 Å². The van der Waals surface area contributed by atoms with Crippen molar-refractivity contribution >= 4 is 11.6 Å². The first kappa shape index (κ1) is 10.7. The van der Waals surface area contributed by atoms with E-state index in [2.05, 4.69) is 15.3 Å². The van der Waals surface area contributed by atoms with Crippen molar-refractivity contribution in [2.24, 2.45) is 0 Å². The third-order valence-corrected chi connectivity index (χ3v) is 1.53. The molecular formula is C8H14N4O2. The van der Waals surface area contributed by atoms with Gasteiger partial charge in [0.15, 0.2) is 0 Å². The fraction of sp³-hybridized carbons (Fsp3) is 0.500. The van der Waals surface area contributed by atoms with Crippen LogP contribution in [0.1, 0.15) is 0 Å². The van der Waals surface area contributed by atoms with Crippen LogP contribution < -0.4 is 11.1 Å². The second kappa shape index (κ2) is 5.36. The SMILES string of the molecule is COCC(O)CNc1cncc(N)n1. The molecule has 6 nitrogen and oxygen atoms in total. The summed E-state index contributed by atoms with van der Waals surface area (Å²) in [5.41, 5.74) is 5.42. The molecule has 0 fully saturated rings. The molecule has 0 spiro atoms. The number of aliphatic hydroxyl groups is 1. The van der Waals surface area contributed by atoms with Gasteiger partial charge in [-0.3, -0.25) is 4.98 Å². The zero-order valence-electron chi connectivity index (χ0n) is 7.97. The highest BCUT2D eigenvalue weighted by Gasteiger charge is 2.03. The van der Waals surface area contributed by atoms with Crippen molar-refractivity contribution in [3.63, 3.8) is 0 Å². The number of aliphatic hydroxyl groups excluding tert-OH is 1. The molecule has 1 aromatic heterocycles. The molecule has 0 saturated heterocycles. The van der Waals surface area contributed by atoms with Gasteiger partial charge in [-0.2, -0.15) is 0 Å². The van der Waals surface area contributed by atoms with Crippen LogP contribution in [-0.4, -0.2) is 41.4 Å². The number of nitrogens with one attached hydrogen (secondary N) is 1. The quantitative estimate of drug-likeness (QED) is 0.589. The molecule has 1 rings (SSSR count). The highest BCUT2D eigenvalue weighted by molar-refractivity contribution is 5.38. The van der Waals surface area contributed by atoms with Crippen LogP contribution in [0.5, 0.6) is 0 Å². The van der Waals surface area contributed by atoms with E-state index in [1.165, 1.54) is 19.5 Å². The number of anilines is 2. The van der Waals surface area contributed by atoms with Gasteiger partial charge in [-0.15, -0.1) is 0 Å². The lowest BCUT2D eigenvalue weighted by atomic mass is 10.4. The molecule has 0 saturated carbocycles. The van der Waals surface area contributed by atoms with Gasteiger partial charge in [-0.1, -0.05) is 0 Å². The van der Waals surface area contributed by atoms with Gasteiger partial charge in [0, 0.05) is 13.7 Å². The summed E-state index contributed by atoms with van der Waals surface area (Å²) in [5, 5.41) is 12.2. The van der Waals surface area contributed by atoms with Crippen molar-refractivity contribution < 1.29 is 9.84 Å².